The Morgan fingerprint density at radius 2 is 1.64 bits per heavy atom. The van der Waals surface area contributed by atoms with Crippen molar-refractivity contribution in [1.82, 2.24) is 16.0 Å². The van der Waals surface area contributed by atoms with Gasteiger partial charge in [0.05, 0.1) is 0 Å². The Labute approximate surface area is 152 Å². The van der Waals surface area contributed by atoms with Crippen molar-refractivity contribution in [2.24, 2.45) is 10.9 Å². The Balaban J connectivity index is 2.55. The second-order valence-electron chi connectivity index (χ2n) is 6.65. The van der Waals surface area contributed by atoms with Gasteiger partial charge in [0.25, 0.3) is 0 Å². The van der Waals surface area contributed by atoms with Crippen molar-refractivity contribution in [2.75, 3.05) is 26.7 Å². The number of nitrogens with one attached hydrogen (secondary N) is 3. The summed E-state index contributed by atoms with van der Waals surface area (Å²) in [6.45, 7) is 10.3. The van der Waals surface area contributed by atoms with Crippen molar-refractivity contribution in [3.8, 4) is 0 Å². The summed E-state index contributed by atoms with van der Waals surface area (Å²) >= 11 is 0. The maximum absolute atomic E-state index is 11.6. The molecule has 1 rings (SSSR count). The largest absolute Gasteiger partial charge is 0.356 e. The number of rotatable bonds is 9. The lowest BCUT2D eigenvalue weighted by molar-refractivity contribution is -0.123. The molecule has 3 N–H and O–H groups in total. The predicted octanol–water partition coefficient (Wildman–Crippen LogP) is 2.68. The van der Waals surface area contributed by atoms with Crippen molar-refractivity contribution < 1.29 is 4.79 Å². The highest BCUT2D eigenvalue weighted by molar-refractivity contribution is 5.80. The van der Waals surface area contributed by atoms with E-state index in [1.54, 1.807) is 7.05 Å². The van der Waals surface area contributed by atoms with Gasteiger partial charge in [-0.25, -0.2) is 0 Å². The second kappa shape index (κ2) is 10.7. The van der Waals surface area contributed by atoms with E-state index in [-0.39, 0.29) is 17.2 Å². The molecule has 0 saturated heterocycles. The molecule has 140 valence electrons. The minimum Gasteiger partial charge on any atom is -0.356 e. The molecule has 0 radical (unpaired) electrons. The summed E-state index contributed by atoms with van der Waals surface area (Å²) in [6.07, 6.45) is 2.11. The number of guanidine groups is 1. The van der Waals surface area contributed by atoms with Crippen LogP contribution in [-0.2, 0) is 10.2 Å². The average molecular weight is 347 g/mol. The molecule has 0 bridgehead atoms. The number of hydrogen-bond acceptors (Lipinski definition) is 2. The average Bonchev–Trinajstić information content (AvgIpc) is 2.65. The monoisotopic (exact) mass is 346 g/mol. The number of carbonyl (C=O) groups excluding carboxylic acids is 1. The van der Waals surface area contributed by atoms with Crippen LogP contribution in [0.2, 0.25) is 0 Å². The molecule has 0 atom stereocenters. The van der Waals surface area contributed by atoms with E-state index in [0.29, 0.717) is 13.1 Å². The third kappa shape index (κ3) is 6.40. The minimum absolute atomic E-state index is 0.0121. The van der Waals surface area contributed by atoms with Crippen LogP contribution >= 0.6 is 0 Å². The van der Waals surface area contributed by atoms with Crippen LogP contribution in [0.3, 0.4) is 0 Å². The molecule has 0 unspecified atom stereocenters. The van der Waals surface area contributed by atoms with Crippen LogP contribution in [0.5, 0.6) is 0 Å². The Hall–Kier alpha value is -2.04. The zero-order valence-electron chi connectivity index (χ0n) is 16.4. The fourth-order valence-corrected chi connectivity index (χ4v) is 2.85. The van der Waals surface area contributed by atoms with E-state index in [1.807, 2.05) is 13.8 Å². The lowest BCUT2D eigenvalue weighted by Gasteiger charge is -2.33. The van der Waals surface area contributed by atoms with Gasteiger partial charge in [-0.15, -0.1) is 0 Å². The summed E-state index contributed by atoms with van der Waals surface area (Å²) in [4.78, 5) is 15.9. The Kier molecular flexibility index (Phi) is 9.03. The lowest BCUT2D eigenvalue weighted by Crippen LogP contribution is -2.47. The second-order valence-corrected chi connectivity index (χ2v) is 6.65. The van der Waals surface area contributed by atoms with Gasteiger partial charge in [-0.1, -0.05) is 58.0 Å². The molecule has 5 heteroatoms. The van der Waals surface area contributed by atoms with E-state index in [2.05, 4.69) is 65.1 Å². The van der Waals surface area contributed by atoms with Gasteiger partial charge in [0.2, 0.25) is 5.91 Å². The fourth-order valence-electron chi connectivity index (χ4n) is 2.85. The molecule has 0 aromatic heterocycles. The lowest BCUT2D eigenvalue weighted by atomic mass is 9.76. The summed E-state index contributed by atoms with van der Waals surface area (Å²) in [5.74, 6) is 0.851. The Morgan fingerprint density at radius 1 is 1.04 bits per heavy atom. The zero-order chi connectivity index (χ0) is 18.7. The first-order valence-corrected chi connectivity index (χ1v) is 9.26. The third-order valence-electron chi connectivity index (χ3n) is 4.80. The molecule has 0 fully saturated rings. The number of carbonyl (C=O) groups is 1. The molecule has 0 spiro atoms. The minimum atomic E-state index is 0.0121. The predicted molar refractivity (Wildman–Crippen MR) is 106 cm³/mol. The van der Waals surface area contributed by atoms with E-state index < -0.39 is 0 Å². The number of aliphatic imine (C=N–C) groups is 1. The van der Waals surface area contributed by atoms with Crippen LogP contribution in [0.4, 0.5) is 0 Å². The third-order valence-corrected chi connectivity index (χ3v) is 4.80. The van der Waals surface area contributed by atoms with Gasteiger partial charge in [-0.2, -0.15) is 0 Å². The van der Waals surface area contributed by atoms with Gasteiger partial charge in [0.1, 0.15) is 0 Å². The number of nitrogens with zero attached hydrogens (tertiary/aromatic N) is 1. The standard InChI is InChI=1S/C20H34N4O/c1-6-20(7-2,17-11-9-8-10-12-17)15-24-19(21-5)23-14-13-22-18(25)16(3)4/h8-12,16H,6-7,13-15H2,1-5H3,(H,22,25)(H2,21,23,24). The molecule has 0 aliphatic carbocycles. The van der Waals surface area contributed by atoms with Gasteiger partial charge in [-0.05, 0) is 18.4 Å². The van der Waals surface area contributed by atoms with Crippen LogP contribution < -0.4 is 16.0 Å². The maximum atomic E-state index is 11.6. The Bertz CT molecular complexity index is 536. The van der Waals surface area contributed by atoms with Crippen LogP contribution in [0.15, 0.2) is 35.3 Å². The van der Waals surface area contributed by atoms with E-state index in [9.17, 15) is 4.79 Å². The summed E-state index contributed by atoms with van der Waals surface area (Å²) in [5.41, 5.74) is 1.44. The molecule has 25 heavy (non-hydrogen) atoms. The summed E-state index contributed by atoms with van der Waals surface area (Å²) in [6, 6.07) is 10.7. The zero-order valence-corrected chi connectivity index (χ0v) is 16.4. The fraction of sp³-hybridized carbons (Fsp3) is 0.600. The van der Waals surface area contributed by atoms with Gasteiger partial charge in [-0.3, -0.25) is 9.79 Å². The molecule has 1 aromatic rings. The maximum Gasteiger partial charge on any atom is 0.222 e. The molecule has 0 heterocycles. The molecule has 1 amide bonds. The molecule has 1 aromatic carbocycles. The van der Waals surface area contributed by atoms with E-state index in [1.165, 1.54) is 5.56 Å². The number of benzene rings is 1. The SMILES string of the molecule is CCC(CC)(CNC(=NC)NCCNC(=O)C(C)C)c1ccccc1. The first-order valence-electron chi connectivity index (χ1n) is 9.26. The van der Waals surface area contributed by atoms with Crippen molar-refractivity contribution >= 4 is 11.9 Å². The van der Waals surface area contributed by atoms with Crippen molar-refractivity contribution in [1.29, 1.82) is 0 Å². The normalized spacial score (nSPS) is 12.2. The van der Waals surface area contributed by atoms with E-state index >= 15 is 0 Å². The van der Waals surface area contributed by atoms with Crippen molar-refractivity contribution in [3.05, 3.63) is 35.9 Å². The molecular formula is C20H34N4O. The number of hydrogen-bond donors (Lipinski definition) is 3. The van der Waals surface area contributed by atoms with Gasteiger partial charge < -0.3 is 16.0 Å². The molecular weight excluding hydrogens is 312 g/mol. The van der Waals surface area contributed by atoms with Crippen molar-refractivity contribution in [3.63, 3.8) is 0 Å². The topological polar surface area (TPSA) is 65.5 Å². The van der Waals surface area contributed by atoms with Crippen LogP contribution in [-0.4, -0.2) is 38.5 Å². The van der Waals surface area contributed by atoms with Crippen LogP contribution in [0, 0.1) is 5.92 Å². The Morgan fingerprint density at radius 3 is 2.16 bits per heavy atom. The van der Waals surface area contributed by atoms with E-state index in [0.717, 1.165) is 25.3 Å². The highest BCUT2D eigenvalue weighted by Crippen LogP contribution is 2.30. The highest BCUT2D eigenvalue weighted by Gasteiger charge is 2.28. The molecule has 0 saturated carbocycles. The highest BCUT2D eigenvalue weighted by atomic mass is 16.1. The summed E-state index contributed by atoms with van der Waals surface area (Å²) in [7, 11) is 1.77. The van der Waals surface area contributed by atoms with Gasteiger partial charge in [0, 0.05) is 38.0 Å². The summed E-state index contributed by atoms with van der Waals surface area (Å²) < 4.78 is 0. The first kappa shape index (κ1) is 21.0. The quantitative estimate of drug-likeness (QED) is 0.366. The van der Waals surface area contributed by atoms with Crippen molar-refractivity contribution in [2.45, 2.75) is 46.0 Å². The van der Waals surface area contributed by atoms with Gasteiger partial charge in [0.15, 0.2) is 5.96 Å². The van der Waals surface area contributed by atoms with Gasteiger partial charge >= 0.3 is 0 Å². The number of amides is 1. The summed E-state index contributed by atoms with van der Waals surface area (Å²) in [5, 5.41) is 9.61. The first-order chi connectivity index (χ1) is 12.0. The molecule has 0 aliphatic rings. The van der Waals surface area contributed by atoms with E-state index in [4.69, 9.17) is 0 Å². The smallest absolute Gasteiger partial charge is 0.222 e. The molecule has 0 aliphatic heterocycles. The van der Waals surface area contributed by atoms with Crippen LogP contribution in [0.25, 0.3) is 0 Å². The molecule has 5 nitrogen and oxygen atoms in total. The van der Waals surface area contributed by atoms with Crippen LogP contribution in [0.1, 0.15) is 46.1 Å².